The minimum Gasteiger partial charge on any atom is -0.340 e. The van der Waals surface area contributed by atoms with Crippen molar-refractivity contribution < 1.29 is 4.79 Å². The van der Waals surface area contributed by atoms with Crippen molar-refractivity contribution in [3.8, 4) is 0 Å². The van der Waals surface area contributed by atoms with Crippen molar-refractivity contribution in [1.82, 2.24) is 9.80 Å². The SMILES string of the molecule is CCN1CCN(C(=O)C2CCCC2N)CC1. The number of nitrogens with zero attached hydrogens (tertiary/aromatic N) is 2. The minimum atomic E-state index is 0.105. The topological polar surface area (TPSA) is 49.6 Å². The van der Waals surface area contributed by atoms with Crippen molar-refractivity contribution in [2.24, 2.45) is 11.7 Å². The van der Waals surface area contributed by atoms with Crippen molar-refractivity contribution in [1.29, 1.82) is 0 Å². The van der Waals surface area contributed by atoms with Crippen LogP contribution in [0.25, 0.3) is 0 Å². The number of hydrogen-bond acceptors (Lipinski definition) is 3. The predicted molar refractivity (Wildman–Crippen MR) is 64.0 cm³/mol. The van der Waals surface area contributed by atoms with E-state index in [4.69, 9.17) is 5.73 Å². The van der Waals surface area contributed by atoms with Crippen LogP contribution in [0.4, 0.5) is 0 Å². The van der Waals surface area contributed by atoms with Gasteiger partial charge in [0.2, 0.25) is 5.91 Å². The van der Waals surface area contributed by atoms with Gasteiger partial charge in [0.25, 0.3) is 0 Å². The van der Waals surface area contributed by atoms with Crippen LogP contribution in [0.5, 0.6) is 0 Å². The summed E-state index contributed by atoms with van der Waals surface area (Å²) in [4.78, 5) is 16.6. The van der Waals surface area contributed by atoms with Gasteiger partial charge in [-0.15, -0.1) is 0 Å². The van der Waals surface area contributed by atoms with E-state index in [1.807, 2.05) is 4.90 Å². The number of nitrogens with two attached hydrogens (primary N) is 1. The molecule has 0 aromatic rings. The monoisotopic (exact) mass is 225 g/mol. The zero-order valence-electron chi connectivity index (χ0n) is 10.2. The van der Waals surface area contributed by atoms with Crippen LogP contribution in [0.15, 0.2) is 0 Å². The van der Waals surface area contributed by atoms with E-state index < -0.39 is 0 Å². The Labute approximate surface area is 97.8 Å². The number of rotatable bonds is 2. The molecule has 2 aliphatic rings. The summed E-state index contributed by atoms with van der Waals surface area (Å²) in [7, 11) is 0. The molecule has 4 heteroatoms. The molecule has 92 valence electrons. The Bertz CT molecular complexity index is 249. The van der Waals surface area contributed by atoms with Gasteiger partial charge in [-0.25, -0.2) is 0 Å². The average Bonchev–Trinajstić information content (AvgIpc) is 2.75. The number of carbonyl (C=O) groups is 1. The standard InChI is InChI=1S/C12H23N3O/c1-2-14-6-8-15(9-7-14)12(16)10-4-3-5-11(10)13/h10-11H,2-9,13H2,1H3. The Kier molecular flexibility index (Phi) is 3.82. The minimum absolute atomic E-state index is 0.105. The van der Waals surface area contributed by atoms with E-state index in [2.05, 4.69) is 11.8 Å². The Morgan fingerprint density at radius 2 is 1.94 bits per heavy atom. The maximum absolute atomic E-state index is 12.2. The van der Waals surface area contributed by atoms with Gasteiger partial charge in [-0.2, -0.15) is 0 Å². The number of amides is 1. The van der Waals surface area contributed by atoms with E-state index >= 15 is 0 Å². The highest BCUT2D eigenvalue weighted by atomic mass is 16.2. The van der Waals surface area contributed by atoms with Gasteiger partial charge >= 0.3 is 0 Å². The van der Waals surface area contributed by atoms with E-state index in [0.29, 0.717) is 5.91 Å². The predicted octanol–water partition coefficient (Wildman–Crippen LogP) is 0.278. The fourth-order valence-corrected chi connectivity index (χ4v) is 2.81. The van der Waals surface area contributed by atoms with E-state index in [0.717, 1.165) is 52.0 Å². The zero-order chi connectivity index (χ0) is 11.5. The molecule has 2 fully saturated rings. The molecule has 1 aliphatic heterocycles. The third-order valence-corrected chi connectivity index (χ3v) is 4.02. The van der Waals surface area contributed by atoms with Crippen LogP contribution in [0.2, 0.25) is 0 Å². The highest BCUT2D eigenvalue weighted by Gasteiger charge is 2.34. The quantitative estimate of drug-likeness (QED) is 0.734. The number of hydrogen-bond donors (Lipinski definition) is 1. The molecule has 4 nitrogen and oxygen atoms in total. The average molecular weight is 225 g/mol. The molecular weight excluding hydrogens is 202 g/mol. The number of piperazine rings is 1. The fraction of sp³-hybridized carbons (Fsp3) is 0.917. The van der Waals surface area contributed by atoms with Crippen molar-refractivity contribution >= 4 is 5.91 Å². The van der Waals surface area contributed by atoms with Crippen molar-refractivity contribution in [3.63, 3.8) is 0 Å². The summed E-state index contributed by atoms with van der Waals surface area (Å²) < 4.78 is 0. The lowest BCUT2D eigenvalue weighted by molar-refractivity contribution is -0.137. The van der Waals surface area contributed by atoms with E-state index in [9.17, 15) is 4.79 Å². The highest BCUT2D eigenvalue weighted by molar-refractivity contribution is 5.80. The summed E-state index contributed by atoms with van der Waals surface area (Å²) in [5.41, 5.74) is 5.98. The molecule has 0 radical (unpaired) electrons. The summed E-state index contributed by atoms with van der Waals surface area (Å²) >= 11 is 0. The summed E-state index contributed by atoms with van der Waals surface area (Å²) in [5.74, 6) is 0.411. The molecule has 1 saturated carbocycles. The molecule has 1 saturated heterocycles. The molecule has 2 atom stereocenters. The first-order chi connectivity index (χ1) is 7.72. The Balaban J connectivity index is 1.86. The van der Waals surface area contributed by atoms with Crippen LogP contribution in [0, 0.1) is 5.92 Å². The molecule has 2 N–H and O–H groups in total. The van der Waals surface area contributed by atoms with Crippen LogP contribution < -0.4 is 5.73 Å². The van der Waals surface area contributed by atoms with Gasteiger partial charge in [-0.3, -0.25) is 4.79 Å². The van der Waals surface area contributed by atoms with Crippen LogP contribution in [0.1, 0.15) is 26.2 Å². The lowest BCUT2D eigenvalue weighted by atomic mass is 10.0. The van der Waals surface area contributed by atoms with Crippen LogP contribution >= 0.6 is 0 Å². The molecule has 0 aromatic heterocycles. The second kappa shape index (κ2) is 5.15. The van der Waals surface area contributed by atoms with E-state index in [-0.39, 0.29) is 12.0 Å². The smallest absolute Gasteiger partial charge is 0.227 e. The molecule has 1 heterocycles. The summed E-state index contributed by atoms with van der Waals surface area (Å²) in [6.45, 7) is 7.07. The van der Waals surface area contributed by atoms with Gasteiger partial charge in [0.1, 0.15) is 0 Å². The van der Waals surface area contributed by atoms with Crippen LogP contribution in [-0.2, 0) is 4.79 Å². The molecule has 2 rings (SSSR count). The van der Waals surface area contributed by atoms with Gasteiger partial charge in [0, 0.05) is 32.2 Å². The normalized spacial score (nSPS) is 32.0. The molecule has 2 unspecified atom stereocenters. The lowest BCUT2D eigenvalue weighted by Gasteiger charge is -2.36. The van der Waals surface area contributed by atoms with Gasteiger partial charge in [0.05, 0.1) is 5.92 Å². The van der Waals surface area contributed by atoms with Gasteiger partial charge in [-0.05, 0) is 19.4 Å². The first-order valence-electron chi connectivity index (χ1n) is 6.49. The second-order valence-electron chi connectivity index (χ2n) is 4.96. The molecule has 0 aromatic carbocycles. The molecule has 1 aliphatic carbocycles. The van der Waals surface area contributed by atoms with E-state index in [1.54, 1.807) is 0 Å². The van der Waals surface area contributed by atoms with Crippen molar-refractivity contribution in [2.45, 2.75) is 32.2 Å². The molecular formula is C12H23N3O. The van der Waals surface area contributed by atoms with Gasteiger partial charge in [0.15, 0.2) is 0 Å². The molecule has 0 spiro atoms. The molecule has 0 bridgehead atoms. The van der Waals surface area contributed by atoms with Crippen molar-refractivity contribution in [3.05, 3.63) is 0 Å². The molecule has 1 amide bonds. The summed E-state index contributed by atoms with van der Waals surface area (Å²) in [6.07, 6.45) is 3.13. The van der Waals surface area contributed by atoms with Crippen LogP contribution in [-0.4, -0.2) is 54.5 Å². The zero-order valence-corrected chi connectivity index (χ0v) is 10.2. The Morgan fingerprint density at radius 1 is 1.25 bits per heavy atom. The second-order valence-corrected chi connectivity index (χ2v) is 4.96. The molecule has 16 heavy (non-hydrogen) atoms. The van der Waals surface area contributed by atoms with Gasteiger partial charge in [-0.1, -0.05) is 13.3 Å². The summed E-state index contributed by atoms with van der Waals surface area (Å²) in [6, 6.07) is 0.108. The van der Waals surface area contributed by atoms with Crippen molar-refractivity contribution in [2.75, 3.05) is 32.7 Å². The fourth-order valence-electron chi connectivity index (χ4n) is 2.81. The largest absolute Gasteiger partial charge is 0.340 e. The van der Waals surface area contributed by atoms with Gasteiger partial charge < -0.3 is 15.5 Å². The lowest BCUT2D eigenvalue weighted by Crippen LogP contribution is -2.51. The maximum atomic E-state index is 12.2. The summed E-state index contributed by atoms with van der Waals surface area (Å²) in [5, 5.41) is 0. The Morgan fingerprint density at radius 3 is 2.44 bits per heavy atom. The van der Waals surface area contributed by atoms with E-state index in [1.165, 1.54) is 0 Å². The number of carbonyl (C=O) groups excluding carboxylic acids is 1. The maximum Gasteiger partial charge on any atom is 0.227 e. The number of likely N-dealkylation sites (N-methyl/N-ethyl adjacent to an activating group) is 1. The Hall–Kier alpha value is -0.610. The third kappa shape index (κ3) is 2.38. The first-order valence-corrected chi connectivity index (χ1v) is 6.49. The van der Waals surface area contributed by atoms with Crippen LogP contribution in [0.3, 0.4) is 0 Å². The first kappa shape index (κ1) is 11.9. The highest BCUT2D eigenvalue weighted by Crippen LogP contribution is 2.26. The third-order valence-electron chi connectivity index (χ3n) is 4.02.